The zero-order valence-electron chi connectivity index (χ0n) is 11.3. The monoisotopic (exact) mass is 271 g/mol. The van der Waals surface area contributed by atoms with Crippen molar-refractivity contribution in [2.45, 2.75) is 0 Å². The molecule has 0 saturated heterocycles. The van der Waals surface area contributed by atoms with Crippen LogP contribution in [0.5, 0.6) is 0 Å². The molecular weight excluding hydrogens is 258 g/mol. The van der Waals surface area contributed by atoms with Gasteiger partial charge in [0, 0.05) is 0 Å². The lowest BCUT2D eigenvalue weighted by molar-refractivity contribution is 0.959. The second kappa shape index (κ2) is 4.87. The Morgan fingerprint density at radius 3 is 2.00 bits per heavy atom. The zero-order valence-corrected chi connectivity index (χ0v) is 11.3. The van der Waals surface area contributed by atoms with Gasteiger partial charge >= 0.3 is 0 Å². The van der Waals surface area contributed by atoms with Gasteiger partial charge in [-0.2, -0.15) is 0 Å². The van der Waals surface area contributed by atoms with Crippen LogP contribution in [-0.2, 0) is 0 Å². The van der Waals surface area contributed by atoms with Gasteiger partial charge in [-0.05, 0) is 34.4 Å². The second-order valence-electron chi connectivity index (χ2n) is 4.99. The molecule has 0 bridgehead atoms. The Hall–Kier alpha value is -2.94. The van der Waals surface area contributed by atoms with E-state index in [1.807, 2.05) is 12.1 Å². The van der Waals surface area contributed by atoms with E-state index >= 15 is 0 Å². The largest absolute Gasteiger partial charge is 0.258 e. The number of aromatic nitrogens is 3. The molecule has 0 aliphatic rings. The van der Waals surface area contributed by atoms with Gasteiger partial charge in [0.2, 0.25) is 0 Å². The highest BCUT2D eigenvalue weighted by Crippen LogP contribution is 2.26. The standard InChI is InChI=1S/C18H13N3/c1-2-4-13(5-3-1)14-6-8-15(9-7-14)16-10-11-17-18(12-16)20-21-19-17/h1-12H,(H,19,20,21). The van der Waals surface area contributed by atoms with E-state index in [2.05, 4.69) is 76.1 Å². The van der Waals surface area contributed by atoms with Crippen molar-refractivity contribution in [1.29, 1.82) is 0 Å². The number of rotatable bonds is 2. The molecule has 3 aromatic carbocycles. The van der Waals surface area contributed by atoms with Gasteiger partial charge in [0.05, 0.1) is 5.52 Å². The van der Waals surface area contributed by atoms with E-state index in [1.165, 1.54) is 16.7 Å². The number of H-pyrrole nitrogens is 1. The third kappa shape index (κ3) is 2.19. The summed E-state index contributed by atoms with van der Waals surface area (Å²) in [6.45, 7) is 0. The first-order valence-electron chi connectivity index (χ1n) is 6.87. The molecule has 100 valence electrons. The molecule has 3 nitrogen and oxygen atoms in total. The molecule has 0 fully saturated rings. The summed E-state index contributed by atoms with van der Waals surface area (Å²) >= 11 is 0. The Bertz CT molecular complexity index is 877. The molecule has 0 amide bonds. The molecule has 0 spiro atoms. The van der Waals surface area contributed by atoms with Crippen molar-refractivity contribution in [1.82, 2.24) is 15.4 Å². The number of aromatic amines is 1. The van der Waals surface area contributed by atoms with E-state index < -0.39 is 0 Å². The number of benzene rings is 3. The maximum atomic E-state index is 4.00. The van der Waals surface area contributed by atoms with Crippen molar-refractivity contribution in [3.05, 3.63) is 72.8 Å². The molecule has 0 saturated carbocycles. The van der Waals surface area contributed by atoms with Gasteiger partial charge in [0.25, 0.3) is 0 Å². The molecule has 0 aliphatic carbocycles. The number of hydrogen-bond donors (Lipinski definition) is 1. The average Bonchev–Trinajstić information content (AvgIpc) is 3.03. The van der Waals surface area contributed by atoms with Gasteiger partial charge in [0.1, 0.15) is 5.52 Å². The number of hydrogen-bond acceptors (Lipinski definition) is 2. The second-order valence-corrected chi connectivity index (χ2v) is 4.99. The third-order valence-electron chi connectivity index (χ3n) is 3.65. The summed E-state index contributed by atoms with van der Waals surface area (Å²) in [5.74, 6) is 0. The van der Waals surface area contributed by atoms with Gasteiger partial charge in [-0.15, -0.1) is 5.10 Å². The molecule has 1 aromatic heterocycles. The minimum absolute atomic E-state index is 0.889. The quantitative estimate of drug-likeness (QED) is 0.591. The lowest BCUT2D eigenvalue weighted by Gasteiger charge is -2.05. The van der Waals surface area contributed by atoms with Crippen LogP contribution in [0.4, 0.5) is 0 Å². The molecule has 21 heavy (non-hydrogen) atoms. The Morgan fingerprint density at radius 2 is 1.24 bits per heavy atom. The lowest BCUT2D eigenvalue weighted by Crippen LogP contribution is -1.81. The highest BCUT2D eigenvalue weighted by atomic mass is 15.3. The summed E-state index contributed by atoms with van der Waals surface area (Å²) in [6, 6.07) is 25.1. The zero-order chi connectivity index (χ0) is 14.1. The van der Waals surface area contributed by atoms with Crippen LogP contribution in [0.2, 0.25) is 0 Å². The van der Waals surface area contributed by atoms with Crippen LogP contribution in [0, 0.1) is 0 Å². The Balaban J connectivity index is 1.72. The molecule has 3 heteroatoms. The molecule has 0 unspecified atom stereocenters. The molecular formula is C18H13N3. The fourth-order valence-electron chi connectivity index (χ4n) is 2.51. The predicted molar refractivity (Wildman–Crippen MR) is 84.8 cm³/mol. The third-order valence-corrected chi connectivity index (χ3v) is 3.65. The van der Waals surface area contributed by atoms with E-state index in [0.717, 1.165) is 16.6 Å². The summed E-state index contributed by atoms with van der Waals surface area (Å²) < 4.78 is 0. The minimum atomic E-state index is 0.889. The Morgan fingerprint density at radius 1 is 0.619 bits per heavy atom. The van der Waals surface area contributed by atoms with Crippen molar-refractivity contribution >= 4 is 11.0 Å². The number of nitrogens with zero attached hydrogens (tertiary/aromatic N) is 2. The fraction of sp³-hybridized carbons (Fsp3) is 0. The van der Waals surface area contributed by atoms with Crippen LogP contribution in [0.3, 0.4) is 0 Å². The molecule has 0 aliphatic heterocycles. The molecule has 4 rings (SSSR count). The van der Waals surface area contributed by atoms with Crippen LogP contribution in [0.1, 0.15) is 0 Å². The Labute approximate surface area is 122 Å². The van der Waals surface area contributed by atoms with Crippen LogP contribution in [-0.4, -0.2) is 15.4 Å². The van der Waals surface area contributed by atoms with Crippen molar-refractivity contribution in [2.75, 3.05) is 0 Å². The summed E-state index contributed by atoms with van der Waals surface area (Å²) in [6.07, 6.45) is 0. The average molecular weight is 271 g/mol. The van der Waals surface area contributed by atoms with Crippen molar-refractivity contribution in [3.63, 3.8) is 0 Å². The molecule has 1 N–H and O–H groups in total. The van der Waals surface area contributed by atoms with E-state index in [4.69, 9.17) is 0 Å². The van der Waals surface area contributed by atoms with Crippen molar-refractivity contribution in [2.24, 2.45) is 0 Å². The topological polar surface area (TPSA) is 41.6 Å². The SMILES string of the molecule is c1ccc(-c2ccc(-c3ccc4nn[nH]c4c3)cc2)cc1. The highest BCUT2D eigenvalue weighted by Gasteiger charge is 2.03. The van der Waals surface area contributed by atoms with Gasteiger partial charge in [-0.1, -0.05) is 65.9 Å². The van der Waals surface area contributed by atoms with Crippen LogP contribution < -0.4 is 0 Å². The first-order chi connectivity index (χ1) is 10.4. The maximum absolute atomic E-state index is 4.00. The smallest absolute Gasteiger partial charge is 0.112 e. The summed E-state index contributed by atoms with van der Waals surface area (Å²) in [4.78, 5) is 0. The normalized spacial score (nSPS) is 10.9. The van der Waals surface area contributed by atoms with Crippen LogP contribution in [0.15, 0.2) is 72.8 Å². The molecule has 1 heterocycles. The van der Waals surface area contributed by atoms with E-state index in [1.54, 1.807) is 0 Å². The van der Waals surface area contributed by atoms with E-state index in [0.29, 0.717) is 0 Å². The number of nitrogens with one attached hydrogen (secondary N) is 1. The summed E-state index contributed by atoms with van der Waals surface area (Å²) in [5.41, 5.74) is 6.65. The molecule has 0 atom stereocenters. The minimum Gasteiger partial charge on any atom is -0.258 e. The molecule has 0 radical (unpaired) electrons. The van der Waals surface area contributed by atoms with Gasteiger partial charge in [0.15, 0.2) is 0 Å². The van der Waals surface area contributed by atoms with Gasteiger partial charge < -0.3 is 0 Å². The maximum Gasteiger partial charge on any atom is 0.112 e. The van der Waals surface area contributed by atoms with E-state index in [9.17, 15) is 0 Å². The van der Waals surface area contributed by atoms with Gasteiger partial charge in [-0.25, -0.2) is 0 Å². The van der Waals surface area contributed by atoms with Crippen LogP contribution >= 0.6 is 0 Å². The predicted octanol–water partition coefficient (Wildman–Crippen LogP) is 4.29. The number of fused-ring (bicyclic) bond motifs is 1. The molecule has 4 aromatic rings. The lowest BCUT2D eigenvalue weighted by atomic mass is 10.0. The highest BCUT2D eigenvalue weighted by molar-refractivity contribution is 5.81. The van der Waals surface area contributed by atoms with E-state index in [-0.39, 0.29) is 0 Å². The van der Waals surface area contributed by atoms with Crippen molar-refractivity contribution in [3.8, 4) is 22.3 Å². The summed E-state index contributed by atoms with van der Waals surface area (Å²) in [5, 5.41) is 10.7. The Kier molecular flexibility index (Phi) is 2.75. The first-order valence-corrected chi connectivity index (χ1v) is 6.87. The fourth-order valence-corrected chi connectivity index (χ4v) is 2.51. The van der Waals surface area contributed by atoms with Crippen molar-refractivity contribution < 1.29 is 0 Å². The van der Waals surface area contributed by atoms with Gasteiger partial charge in [-0.3, -0.25) is 5.10 Å². The summed E-state index contributed by atoms with van der Waals surface area (Å²) in [7, 11) is 0. The first kappa shape index (κ1) is 11.9. The van der Waals surface area contributed by atoms with Crippen LogP contribution in [0.25, 0.3) is 33.3 Å².